The van der Waals surface area contributed by atoms with Crippen LogP contribution in [-0.2, 0) is 0 Å². The van der Waals surface area contributed by atoms with Crippen LogP contribution in [0.2, 0.25) is 0 Å². The van der Waals surface area contributed by atoms with Gasteiger partial charge in [0, 0.05) is 0 Å². The molecule has 0 amide bonds. The van der Waals surface area contributed by atoms with Crippen LogP contribution in [0.5, 0.6) is 0 Å². The van der Waals surface area contributed by atoms with E-state index in [1.165, 1.54) is 17.9 Å². The summed E-state index contributed by atoms with van der Waals surface area (Å²) in [6.07, 6.45) is 3.30. The third-order valence-electron chi connectivity index (χ3n) is 1.75. The van der Waals surface area contributed by atoms with E-state index >= 15 is 0 Å². The zero-order chi connectivity index (χ0) is 8.10. The van der Waals surface area contributed by atoms with Crippen molar-refractivity contribution in [3.63, 3.8) is 0 Å². The first kappa shape index (κ1) is 9.75. The van der Waals surface area contributed by atoms with Crippen LogP contribution >= 0.6 is 23.5 Å². The number of hydrogen-bond acceptors (Lipinski definition) is 3. The first-order chi connectivity index (χ1) is 5.34. The minimum atomic E-state index is -0.0738. The van der Waals surface area contributed by atoms with Gasteiger partial charge in [-0.15, -0.1) is 23.5 Å². The van der Waals surface area contributed by atoms with Gasteiger partial charge in [0.05, 0.1) is 10.7 Å². The van der Waals surface area contributed by atoms with E-state index in [0.29, 0.717) is 4.58 Å². The predicted molar refractivity (Wildman–Crippen MR) is 54.2 cm³/mol. The van der Waals surface area contributed by atoms with Gasteiger partial charge in [0.25, 0.3) is 0 Å². The van der Waals surface area contributed by atoms with Crippen molar-refractivity contribution in [2.75, 3.05) is 11.5 Å². The SMILES string of the molecule is CCCC(O)C1SCCCS1. The number of thioether (sulfide) groups is 2. The van der Waals surface area contributed by atoms with Gasteiger partial charge in [0.1, 0.15) is 0 Å². The number of hydrogen-bond donors (Lipinski definition) is 1. The van der Waals surface area contributed by atoms with Gasteiger partial charge >= 0.3 is 0 Å². The Morgan fingerprint density at radius 3 is 2.64 bits per heavy atom. The third kappa shape index (κ3) is 3.26. The van der Waals surface area contributed by atoms with Crippen molar-refractivity contribution in [1.82, 2.24) is 0 Å². The van der Waals surface area contributed by atoms with Crippen molar-refractivity contribution in [2.24, 2.45) is 0 Å². The summed E-state index contributed by atoms with van der Waals surface area (Å²) in [4.78, 5) is 0. The number of aliphatic hydroxyl groups is 1. The molecule has 1 fully saturated rings. The molecule has 0 spiro atoms. The molecule has 1 unspecified atom stereocenters. The summed E-state index contributed by atoms with van der Waals surface area (Å²) in [5.41, 5.74) is 0. The maximum atomic E-state index is 9.63. The standard InChI is InChI=1S/C8H16OS2/c1-2-4-7(9)8-10-5-3-6-11-8/h7-9H,2-6H2,1H3. The molecular formula is C8H16OS2. The largest absolute Gasteiger partial charge is 0.391 e. The molecule has 0 aromatic carbocycles. The van der Waals surface area contributed by atoms with Crippen LogP contribution in [0.4, 0.5) is 0 Å². The van der Waals surface area contributed by atoms with Gasteiger partial charge < -0.3 is 5.11 Å². The fraction of sp³-hybridized carbons (Fsp3) is 1.00. The summed E-state index contributed by atoms with van der Waals surface area (Å²) < 4.78 is 0.462. The molecule has 0 bridgehead atoms. The van der Waals surface area contributed by atoms with Gasteiger partial charge in [-0.2, -0.15) is 0 Å². The molecule has 66 valence electrons. The van der Waals surface area contributed by atoms with Gasteiger partial charge in [0.2, 0.25) is 0 Å². The molecule has 1 rings (SSSR count). The van der Waals surface area contributed by atoms with Crippen LogP contribution in [0.15, 0.2) is 0 Å². The molecule has 1 aliphatic heterocycles. The fourth-order valence-corrected chi connectivity index (χ4v) is 4.11. The van der Waals surface area contributed by atoms with E-state index in [9.17, 15) is 5.11 Å². The molecule has 1 heterocycles. The van der Waals surface area contributed by atoms with E-state index in [-0.39, 0.29) is 6.10 Å². The topological polar surface area (TPSA) is 20.2 Å². The van der Waals surface area contributed by atoms with Crippen molar-refractivity contribution in [3.05, 3.63) is 0 Å². The van der Waals surface area contributed by atoms with Crippen molar-refractivity contribution < 1.29 is 5.11 Å². The van der Waals surface area contributed by atoms with E-state index < -0.39 is 0 Å². The fourth-order valence-electron chi connectivity index (χ4n) is 1.16. The van der Waals surface area contributed by atoms with Gasteiger partial charge in [-0.05, 0) is 24.3 Å². The Bertz CT molecular complexity index is 102. The Hall–Kier alpha value is 0.660. The molecule has 0 saturated carbocycles. The van der Waals surface area contributed by atoms with Crippen LogP contribution < -0.4 is 0 Å². The molecule has 1 aliphatic rings. The summed E-state index contributed by atoms with van der Waals surface area (Å²) in [6, 6.07) is 0. The van der Waals surface area contributed by atoms with Crippen molar-refractivity contribution >= 4 is 23.5 Å². The van der Waals surface area contributed by atoms with Gasteiger partial charge in [-0.1, -0.05) is 13.3 Å². The van der Waals surface area contributed by atoms with E-state index in [0.717, 1.165) is 12.8 Å². The number of rotatable bonds is 3. The maximum Gasteiger partial charge on any atom is 0.0761 e. The van der Waals surface area contributed by atoms with Crippen LogP contribution in [0.3, 0.4) is 0 Å². The normalized spacial score (nSPS) is 23.5. The van der Waals surface area contributed by atoms with E-state index in [1.54, 1.807) is 0 Å². The van der Waals surface area contributed by atoms with E-state index in [4.69, 9.17) is 0 Å². The lowest BCUT2D eigenvalue weighted by molar-refractivity contribution is 0.180. The maximum absolute atomic E-state index is 9.63. The lowest BCUT2D eigenvalue weighted by atomic mass is 10.2. The molecule has 0 radical (unpaired) electrons. The summed E-state index contributed by atoms with van der Waals surface area (Å²) >= 11 is 3.85. The molecular weight excluding hydrogens is 176 g/mol. The van der Waals surface area contributed by atoms with Gasteiger partial charge in [0.15, 0.2) is 0 Å². The second-order valence-corrected chi connectivity index (χ2v) is 5.62. The molecule has 0 aromatic heterocycles. The highest BCUT2D eigenvalue weighted by atomic mass is 32.2. The molecule has 11 heavy (non-hydrogen) atoms. The minimum Gasteiger partial charge on any atom is -0.391 e. The average molecular weight is 192 g/mol. The zero-order valence-electron chi connectivity index (χ0n) is 6.95. The molecule has 0 aliphatic carbocycles. The number of aliphatic hydroxyl groups excluding tert-OH is 1. The minimum absolute atomic E-state index is 0.0738. The smallest absolute Gasteiger partial charge is 0.0761 e. The Kier molecular flexibility index (Phi) is 4.72. The van der Waals surface area contributed by atoms with Crippen LogP contribution in [0.25, 0.3) is 0 Å². The lowest BCUT2D eigenvalue weighted by Crippen LogP contribution is -2.23. The van der Waals surface area contributed by atoms with Gasteiger partial charge in [-0.25, -0.2) is 0 Å². The van der Waals surface area contributed by atoms with Gasteiger partial charge in [-0.3, -0.25) is 0 Å². The molecule has 1 N–H and O–H groups in total. The first-order valence-corrected chi connectivity index (χ1v) is 6.35. The van der Waals surface area contributed by atoms with Crippen molar-refractivity contribution in [3.8, 4) is 0 Å². The lowest BCUT2D eigenvalue weighted by Gasteiger charge is -2.25. The molecule has 3 heteroatoms. The summed E-state index contributed by atoms with van der Waals surface area (Å²) in [5, 5.41) is 9.63. The van der Waals surface area contributed by atoms with Crippen LogP contribution in [0, 0.1) is 0 Å². The van der Waals surface area contributed by atoms with Crippen molar-refractivity contribution in [1.29, 1.82) is 0 Å². The van der Waals surface area contributed by atoms with Crippen LogP contribution in [0.1, 0.15) is 26.2 Å². The van der Waals surface area contributed by atoms with E-state index in [1.807, 2.05) is 23.5 Å². The van der Waals surface area contributed by atoms with E-state index in [2.05, 4.69) is 6.92 Å². The highest BCUT2D eigenvalue weighted by Crippen LogP contribution is 2.34. The zero-order valence-corrected chi connectivity index (χ0v) is 8.59. The average Bonchev–Trinajstić information content (AvgIpc) is 2.07. The molecule has 1 saturated heterocycles. The molecule has 0 aromatic rings. The summed E-state index contributed by atoms with van der Waals surface area (Å²) in [6.45, 7) is 2.13. The second-order valence-electron chi connectivity index (χ2n) is 2.82. The monoisotopic (exact) mass is 192 g/mol. The molecule has 1 atom stereocenters. The Labute approximate surface area is 77.3 Å². The summed E-state index contributed by atoms with van der Waals surface area (Å²) in [7, 11) is 0. The quantitative estimate of drug-likeness (QED) is 0.741. The summed E-state index contributed by atoms with van der Waals surface area (Å²) in [5.74, 6) is 2.47. The Morgan fingerprint density at radius 1 is 1.45 bits per heavy atom. The Morgan fingerprint density at radius 2 is 2.09 bits per heavy atom. The predicted octanol–water partition coefficient (Wildman–Crippen LogP) is 2.34. The molecule has 1 nitrogen and oxygen atoms in total. The van der Waals surface area contributed by atoms with Crippen molar-refractivity contribution in [2.45, 2.75) is 36.9 Å². The van der Waals surface area contributed by atoms with Crippen LogP contribution in [-0.4, -0.2) is 27.3 Å². The third-order valence-corrected chi connectivity index (χ3v) is 4.90. The first-order valence-electron chi connectivity index (χ1n) is 4.26. The highest BCUT2D eigenvalue weighted by molar-refractivity contribution is 8.17. The second kappa shape index (κ2) is 5.33. The highest BCUT2D eigenvalue weighted by Gasteiger charge is 2.21. The Balaban J connectivity index is 2.21.